The van der Waals surface area contributed by atoms with Crippen LogP contribution in [0.1, 0.15) is 13.8 Å². The van der Waals surface area contributed by atoms with Crippen molar-refractivity contribution in [3.05, 3.63) is 22.7 Å². The molecule has 6 nitrogen and oxygen atoms in total. The van der Waals surface area contributed by atoms with Gasteiger partial charge in [0, 0.05) is 16.7 Å². The number of likely N-dealkylation sites (N-methyl/N-ethyl adjacent to an activating group) is 1. The zero-order chi connectivity index (χ0) is 15.3. The van der Waals surface area contributed by atoms with Gasteiger partial charge >= 0.3 is 5.97 Å². The van der Waals surface area contributed by atoms with Crippen molar-refractivity contribution in [1.29, 1.82) is 0 Å². The molecule has 1 aromatic rings. The van der Waals surface area contributed by atoms with E-state index < -0.39 is 16.0 Å². The summed E-state index contributed by atoms with van der Waals surface area (Å²) in [6.07, 6.45) is 0. The molecule has 0 aliphatic carbocycles. The minimum Gasteiger partial charge on any atom is -0.465 e. The summed E-state index contributed by atoms with van der Waals surface area (Å²) in [7, 11) is -3.76. The highest BCUT2D eigenvalue weighted by atomic mass is 79.9. The monoisotopic (exact) mass is 364 g/mol. The van der Waals surface area contributed by atoms with Crippen molar-refractivity contribution in [2.45, 2.75) is 18.7 Å². The molecule has 1 rings (SSSR count). The van der Waals surface area contributed by atoms with Gasteiger partial charge in [-0.1, -0.05) is 6.92 Å². The average molecular weight is 365 g/mol. The molecule has 112 valence electrons. The first-order chi connectivity index (χ1) is 9.32. The van der Waals surface area contributed by atoms with Crippen LogP contribution >= 0.6 is 15.9 Å². The molecule has 0 aliphatic rings. The van der Waals surface area contributed by atoms with Gasteiger partial charge in [0.1, 0.15) is 6.54 Å². The average Bonchev–Trinajstić information content (AvgIpc) is 2.39. The fourth-order valence-corrected chi connectivity index (χ4v) is 3.49. The van der Waals surface area contributed by atoms with Gasteiger partial charge in [-0.05, 0) is 41.1 Å². The molecular formula is C12H17BrN2O4S. The quantitative estimate of drug-likeness (QED) is 0.611. The van der Waals surface area contributed by atoms with Crippen molar-refractivity contribution in [3.8, 4) is 0 Å². The van der Waals surface area contributed by atoms with Gasteiger partial charge in [0.25, 0.3) is 0 Å². The maximum atomic E-state index is 12.4. The van der Waals surface area contributed by atoms with Crippen LogP contribution in [0.4, 0.5) is 5.69 Å². The molecule has 0 spiro atoms. The first kappa shape index (κ1) is 16.9. The normalized spacial score (nSPS) is 11.6. The Morgan fingerprint density at radius 2 is 2.05 bits per heavy atom. The van der Waals surface area contributed by atoms with Gasteiger partial charge in [-0.15, -0.1) is 0 Å². The topological polar surface area (TPSA) is 89.7 Å². The molecule has 0 unspecified atom stereocenters. The molecule has 0 saturated heterocycles. The number of sulfonamides is 1. The fourth-order valence-electron chi connectivity index (χ4n) is 1.53. The fraction of sp³-hybridized carbons (Fsp3) is 0.417. The summed E-state index contributed by atoms with van der Waals surface area (Å²) in [6, 6.07) is 4.32. The van der Waals surface area contributed by atoms with E-state index in [0.717, 1.165) is 4.31 Å². The number of nitrogens with zero attached hydrogens (tertiary/aromatic N) is 1. The zero-order valence-electron chi connectivity index (χ0n) is 11.3. The minimum absolute atomic E-state index is 0.0738. The number of nitrogen functional groups attached to an aromatic ring is 1. The van der Waals surface area contributed by atoms with E-state index in [1.807, 2.05) is 0 Å². The molecule has 1 aromatic carbocycles. The zero-order valence-corrected chi connectivity index (χ0v) is 13.7. The SMILES string of the molecule is CCOC(=O)CN(CC)S(=O)(=O)c1ccc(N)c(Br)c1. The number of rotatable bonds is 6. The van der Waals surface area contributed by atoms with E-state index >= 15 is 0 Å². The lowest BCUT2D eigenvalue weighted by atomic mass is 10.3. The number of hydrogen-bond acceptors (Lipinski definition) is 5. The molecule has 0 saturated carbocycles. The Labute approximate surface area is 127 Å². The molecule has 0 bridgehead atoms. The second kappa shape index (κ2) is 7.05. The number of carbonyl (C=O) groups is 1. The molecule has 0 amide bonds. The standard InChI is InChI=1S/C12H17BrN2O4S/c1-3-15(8-12(16)19-4-2)20(17,18)9-5-6-11(14)10(13)7-9/h5-7H,3-4,8,14H2,1-2H3. The summed E-state index contributed by atoms with van der Waals surface area (Å²) in [5, 5.41) is 0. The molecule has 0 aliphatic heterocycles. The maximum Gasteiger partial charge on any atom is 0.321 e. The van der Waals surface area contributed by atoms with Crippen LogP contribution in [0.2, 0.25) is 0 Å². The van der Waals surface area contributed by atoms with Gasteiger partial charge < -0.3 is 10.5 Å². The Morgan fingerprint density at radius 1 is 1.40 bits per heavy atom. The molecule has 8 heteroatoms. The predicted octanol–water partition coefficient (Wildman–Crippen LogP) is 1.60. The van der Waals surface area contributed by atoms with Crippen molar-refractivity contribution in [2.75, 3.05) is 25.4 Å². The van der Waals surface area contributed by atoms with Gasteiger partial charge in [-0.25, -0.2) is 8.42 Å². The summed E-state index contributed by atoms with van der Waals surface area (Å²) in [5.74, 6) is -0.576. The van der Waals surface area contributed by atoms with Gasteiger partial charge in [-0.3, -0.25) is 4.79 Å². The van der Waals surface area contributed by atoms with Crippen LogP contribution in [0.3, 0.4) is 0 Å². The largest absolute Gasteiger partial charge is 0.465 e. The van der Waals surface area contributed by atoms with Crippen LogP contribution in [0.15, 0.2) is 27.6 Å². The highest BCUT2D eigenvalue weighted by Crippen LogP contribution is 2.25. The van der Waals surface area contributed by atoms with Crippen LogP contribution in [0, 0.1) is 0 Å². The van der Waals surface area contributed by atoms with Crippen molar-refractivity contribution in [1.82, 2.24) is 4.31 Å². The van der Waals surface area contributed by atoms with Crippen molar-refractivity contribution < 1.29 is 17.9 Å². The van der Waals surface area contributed by atoms with Gasteiger partial charge in [-0.2, -0.15) is 4.31 Å². The Morgan fingerprint density at radius 3 is 2.55 bits per heavy atom. The molecule has 0 aromatic heterocycles. The number of halogens is 1. The van der Waals surface area contributed by atoms with E-state index in [-0.39, 0.29) is 24.6 Å². The van der Waals surface area contributed by atoms with Crippen molar-refractivity contribution >= 4 is 37.6 Å². The summed E-state index contributed by atoms with van der Waals surface area (Å²) in [5.41, 5.74) is 6.07. The van der Waals surface area contributed by atoms with Crippen molar-refractivity contribution in [3.63, 3.8) is 0 Å². The van der Waals surface area contributed by atoms with Crippen LogP contribution < -0.4 is 5.73 Å². The number of nitrogens with two attached hydrogens (primary N) is 1. The summed E-state index contributed by atoms with van der Waals surface area (Å²) >= 11 is 3.19. The Bertz CT molecular complexity index is 589. The van der Waals surface area contributed by atoms with E-state index in [4.69, 9.17) is 10.5 Å². The molecule has 0 radical (unpaired) electrons. The number of ether oxygens (including phenoxy) is 1. The summed E-state index contributed by atoms with van der Waals surface area (Å²) < 4.78 is 31.2. The maximum absolute atomic E-state index is 12.4. The molecule has 0 atom stereocenters. The van der Waals surface area contributed by atoms with Gasteiger partial charge in [0.15, 0.2) is 0 Å². The summed E-state index contributed by atoms with van der Waals surface area (Å²) in [6.45, 7) is 3.39. The van der Waals surface area contributed by atoms with Gasteiger partial charge in [0.2, 0.25) is 10.0 Å². The highest BCUT2D eigenvalue weighted by molar-refractivity contribution is 9.10. The Kier molecular flexibility index (Phi) is 5.97. The lowest BCUT2D eigenvalue weighted by molar-refractivity contribution is -0.143. The Balaban J connectivity index is 3.05. The van der Waals surface area contributed by atoms with Crippen LogP contribution in [-0.2, 0) is 19.6 Å². The van der Waals surface area contributed by atoms with Crippen LogP contribution in [0.25, 0.3) is 0 Å². The third kappa shape index (κ3) is 3.94. The predicted molar refractivity (Wildman–Crippen MR) is 79.6 cm³/mol. The van der Waals surface area contributed by atoms with Crippen LogP contribution in [-0.4, -0.2) is 38.4 Å². The van der Waals surface area contributed by atoms with E-state index in [1.54, 1.807) is 13.8 Å². The lowest BCUT2D eigenvalue weighted by Crippen LogP contribution is -2.36. The van der Waals surface area contributed by atoms with E-state index in [1.165, 1.54) is 18.2 Å². The van der Waals surface area contributed by atoms with E-state index in [2.05, 4.69) is 15.9 Å². The lowest BCUT2D eigenvalue weighted by Gasteiger charge is -2.19. The molecule has 20 heavy (non-hydrogen) atoms. The number of hydrogen-bond donors (Lipinski definition) is 1. The third-order valence-electron chi connectivity index (χ3n) is 2.57. The third-order valence-corrected chi connectivity index (χ3v) is 5.18. The highest BCUT2D eigenvalue weighted by Gasteiger charge is 2.26. The minimum atomic E-state index is -3.76. The van der Waals surface area contributed by atoms with Crippen LogP contribution in [0.5, 0.6) is 0 Å². The Hall–Kier alpha value is -1.12. The smallest absolute Gasteiger partial charge is 0.321 e. The number of benzene rings is 1. The van der Waals surface area contributed by atoms with E-state index in [0.29, 0.717) is 10.2 Å². The number of esters is 1. The second-order valence-corrected chi connectivity index (χ2v) is 6.71. The van der Waals surface area contributed by atoms with E-state index in [9.17, 15) is 13.2 Å². The molecule has 2 N–H and O–H groups in total. The number of carbonyl (C=O) groups excluding carboxylic acids is 1. The molecule has 0 heterocycles. The second-order valence-electron chi connectivity index (χ2n) is 3.92. The first-order valence-corrected chi connectivity index (χ1v) is 8.27. The van der Waals surface area contributed by atoms with Gasteiger partial charge in [0.05, 0.1) is 11.5 Å². The molecular weight excluding hydrogens is 348 g/mol. The number of anilines is 1. The van der Waals surface area contributed by atoms with Crippen molar-refractivity contribution in [2.24, 2.45) is 0 Å². The first-order valence-electron chi connectivity index (χ1n) is 6.03. The summed E-state index contributed by atoms with van der Waals surface area (Å²) in [4.78, 5) is 11.5. The molecule has 0 fully saturated rings.